The fourth-order valence-corrected chi connectivity index (χ4v) is 1.67. The fourth-order valence-electron chi connectivity index (χ4n) is 1.67. The Balaban J connectivity index is 2.88. The van der Waals surface area contributed by atoms with Crippen LogP contribution in [-0.4, -0.2) is 23.4 Å². The van der Waals surface area contributed by atoms with E-state index in [4.69, 9.17) is 11.5 Å². The summed E-state index contributed by atoms with van der Waals surface area (Å²) in [5, 5.41) is 5.83. The van der Waals surface area contributed by atoms with Gasteiger partial charge >= 0.3 is 0 Å². The molecule has 1 unspecified atom stereocenters. The molecule has 20 heavy (non-hydrogen) atoms. The van der Waals surface area contributed by atoms with Crippen molar-refractivity contribution in [3.63, 3.8) is 0 Å². The highest BCUT2D eigenvalue weighted by Gasteiger charge is 2.20. The maximum absolute atomic E-state index is 12.0. The summed E-state index contributed by atoms with van der Waals surface area (Å²) in [6, 6.07) is 4.26. The molecule has 0 saturated heterocycles. The molecule has 0 fully saturated rings. The second-order valence-corrected chi connectivity index (χ2v) is 5.77. The Morgan fingerprint density at radius 3 is 2.35 bits per heavy atom. The second kappa shape index (κ2) is 5.81. The Hall–Kier alpha value is -2.24. The quantitative estimate of drug-likeness (QED) is 0.618. The number of primary amides is 1. The summed E-state index contributed by atoms with van der Waals surface area (Å²) < 4.78 is 0. The molecular formula is C14H22N4O2. The van der Waals surface area contributed by atoms with Gasteiger partial charge in [0, 0.05) is 16.9 Å². The molecule has 0 radical (unpaired) electrons. The van der Waals surface area contributed by atoms with Crippen molar-refractivity contribution in [2.75, 3.05) is 11.1 Å². The van der Waals surface area contributed by atoms with Crippen LogP contribution in [0.3, 0.4) is 0 Å². The molecule has 110 valence electrons. The molecule has 1 atom stereocenters. The Morgan fingerprint density at radius 1 is 1.25 bits per heavy atom. The van der Waals surface area contributed by atoms with Crippen LogP contribution in [0.1, 0.15) is 38.1 Å². The van der Waals surface area contributed by atoms with Gasteiger partial charge in [-0.3, -0.25) is 9.59 Å². The van der Waals surface area contributed by atoms with Crippen molar-refractivity contribution in [2.45, 2.75) is 39.3 Å². The molecule has 1 aromatic rings. The van der Waals surface area contributed by atoms with E-state index in [1.165, 1.54) is 6.07 Å². The number of nitrogens with two attached hydrogens (primary N) is 2. The Kier molecular flexibility index (Phi) is 4.60. The predicted molar refractivity (Wildman–Crippen MR) is 80.4 cm³/mol. The lowest BCUT2D eigenvalue weighted by Crippen LogP contribution is -2.47. The van der Waals surface area contributed by atoms with Gasteiger partial charge in [0.25, 0.3) is 5.91 Å². The van der Waals surface area contributed by atoms with Crippen LogP contribution in [0.4, 0.5) is 11.4 Å². The van der Waals surface area contributed by atoms with E-state index in [-0.39, 0.29) is 17.0 Å². The third-order valence-electron chi connectivity index (χ3n) is 2.57. The van der Waals surface area contributed by atoms with Crippen molar-refractivity contribution in [3.05, 3.63) is 23.8 Å². The van der Waals surface area contributed by atoms with E-state index < -0.39 is 11.9 Å². The molecule has 0 aromatic heterocycles. The minimum absolute atomic E-state index is 0.162. The topological polar surface area (TPSA) is 110 Å². The molecule has 1 rings (SSSR count). The first-order valence-corrected chi connectivity index (χ1v) is 6.38. The average molecular weight is 278 g/mol. The van der Waals surface area contributed by atoms with Crippen molar-refractivity contribution in [1.82, 2.24) is 5.32 Å². The molecule has 6 N–H and O–H groups in total. The highest BCUT2D eigenvalue weighted by atomic mass is 16.2. The first-order chi connectivity index (χ1) is 9.10. The number of anilines is 2. The van der Waals surface area contributed by atoms with E-state index in [0.29, 0.717) is 11.4 Å². The van der Waals surface area contributed by atoms with Gasteiger partial charge in [-0.15, -0.1) is 0 Å². The summed E-state index contributed by atoms with van der Waals surface area (Å²) in [6.07, 6.45) is 0. The zero-order valence-electron chi connectivity index (χ0n) is 12.3. The van der Waals surface area contributed by atoms with E-state index in [2.05, 4.69) is 10.6 Å². The highest BCUT2D eigenvalue weighted by Crippen LogP contribution is 2.19. The van der Waals surface area contributed by atoms with Crippen LogP contribution < -0.4 is 22.1 Å². The molecule has 0 aliphatic heterocycles. The van der Waals surface area contributed by atoms with Crippen molar-refractivity contribution in [1.29, 1.82) is 0 Å². The Morgan fingerprint density at radius 2 is 1.85 bits per heavy atom. The van der Waals surface area contributed by atoms with Gasteiger partial charge in [0.05, 0.1) is 5.56 Å². The molecule has 0 heterocycles. The number of carbonyl (C=O) groups is 2. The van der Waals surface area contributed by atoms with Crippen LogP contribution >= 0.6 is 0 Å². The minimum Gasteiger partial charge on any atom is -0.399 e. The van der Waals surface area contributed by atoms with E-state index in [0.717, 1.165) is 0 Å². The van der Waals surface area contributed by atoms with Gasteiger partial charge in [-0.1, -0.05) is 0 Å². The largest absolute Gasteiger partial charge is 0.399 e. The molecule has 0 saturated carbocycles. The zero-order valence-corrected chi connectivity index (χ0v) is 12.3. The molecule has 0 aliphatic carbocycles. The average Bonchev–Trinajstić information content (AvgIpc) is 2.28. The number of nitrogen functional groups attached to an aromatic ring is 1. The van der Waals surface area contributed by atoms with Crippen LogP contribution in [0.25, 0.3) is 0 Å². The van der Waals surface area contributed by atoms with Gasteiger partial charge in [-0.05, 0) is 45.9 Å². The third kappa shape index (κ3) is 4.46. The normalized spacial score (nSPS) is 12.6. The van der Waals surface area contributed by atoms with E-state index >= 15 is 0 Å². The summed E-state index contributed by atoms with van der Waals surface area (Å²) in [5.74, 6) is -0.757. The van der Waals surface area contributed by atoms with Crippen LogP contribution in [0.15, 0.2) is 18.2 Å². The number of hydrogen-bond acceptors (Lipinski definition) is 4. The van der Waals surface area contributed by atoms with Gasteiger partial charge in [0.2, 0.25) is 5.91 Å². The van der Waals surface area contributed by atoms with Crippen molar-refractivity contribution >= 4 is 23.2 Å². The molecule has 2 amide bonds. The number of rotatable bonds is 4. The first kappa shape index (κ1) is 15.8. The molecule has 0 bridgehead atoms. The van der Waals surface area contributed by atoms with E-state index in [9.17, 15) is 9.59 Å². The highest BCUT2D eigenvalue weighted by molar-refractivity contribution is 6.00. The fraction of sp³-hybridized carbons (Fsp3) is 0.429. The lowest BCUT2D eigenvalue weighted by Gasteiger charge is -2.24. The number of nitrogens with one attached hydrogen (secondary N) is 2. The summed E-state index contributed by atoms with van der Waals surface area (Å²) >= 11 is 0. The van der Waals surface area contributed by atoms with Crippen molar-refractivity contribution in [2.24, 2.45) is 5.73 Å². The minimum atomic E-state index is -0.594. The van der Waals surface area contributed by atoms with Crippen LogP contribution in [0.2, 0.25) is 0 Å². The lowest BCUT2D eigenvalue weighted by molar-refractivity contribution is -0.122. The zero-order chi connectivity index (χ0) is 15.5. The van der Waals surface area contributed by atoms with Crippen molar-refractivity contribution < 1.29 is 9.59 Å². The molecule has 6 nitrogen and oxygen atoms in total. The van der Waals surface area contributed by atoms with Crippen LogP contribution in [0.5, 0.6) is 0 Å². The number of hydrogen-bond donors (Lipinski definition) is 4. The third-order valence-corrected chi connectivity index (χ3v) is 2.57. The van der Waals surface area contributed by atoms with Gasteiger partial charge in [-0.2, -0.15) is 0 Å². The standard InChI is InChI=1S/C14H22N4O2/c1-8(13(20)18-14(2,3)4)17-11-6-5-9(15)7-10(11)12(16)19/h5-8,17H,15H2,1-4H3,(H2,16,19)(H,18,20). The van der Waals surface area contributed by atoms with Crippen LogP contribution in [-0.2, 0) is 4.79 Å². The van der Waals surface area contributed by atoms with E-state index in [1.807, 2.05) is 20.8 Å². The monoisotopic (exact) mass is 278 g/mol. The smallest absolute Gasteiger partial charge is 0.250 e. The summed E-state index contributed by atoms with van der Waals surface area (Å²) in [5.41, 5.74) is 11.8. The van der Waals surface area contributed by atoms with Crippen molar-refractivity contribution in [3.8, 4) is 0 Å². The summed E-state index contributed by atoms with van der Waals surface area (Å²) in [4.78, 5) is 23.4. The number of carbonyl (C=O) groups excluding carboxylic acids is 2. The Labute approximate surface area is 118 Å². The maximum atomic E-state index is 12.0. The molecular weight excluding hydrogens is 256 g/mol. The molecule has 0 aliphatic rings. The van der Waals surface area contributed by atoms with Gasteiger partial charge < -0.3 is 22.1 Å². The SMILES string of the molecule is CC(Nc1ccc(N)cc1C(N)=O)C(=O)NC(C)(C)C. The molecule has 6 heteroatoms. The molecule has 0 spiro atoms. The maximum Gasteiger partial charge on any atom is 0.250 e. The molecule has 1 aromatic carbocycles. The Bertz CT molecular complexity index is 520. The van der Waals surface area contributed by atoms with Crippen LogP contribution in [0, 0.1) is 0 Å². The number of amides is 2. The van der Waals surface area contributed by atoms with E-state index in [1.54, 1.807) is 19.1 Å². The second-order valence-electron chi connectivity index (χ2n) is 5.77. The predicted octanol–water partition coefficient (Wildman–Crippen LogP) is 1.08. The summed E-state index contributed by atoms with van der Waals surface area (Å²) in [7, 11) is 0. The summed E-state index contributed by atoms with van der Waals surface area (Å²) in [6.45, 7) is 7.41. The van der Waals surface area contributed by atoms with Gasteiger partial charge in [-0.25, -0.2) is 0 Å². The van der Waals surface area contributed by atoms with Gasteiger partial charge in [0.15, 0.2) is 0 Å². The lowest BCUT2D eigenvalue weighted by atomic mass is 10.1. The number of benzene rings is 1. The first-order valence-electron chi connectivity index (χ1n) is 6.38. The van der Waals surface area contributed by atoms with Gasteiger partial charge in [0.1, 0.15) is 6.04 Å².